The molecule has 2 heterocycles. The summed E-state index contributed by atoms with van der Waals surface area (Å²) < 4.78 is 10.0. The van der Waals surface area contributed by atoms with E-state index >= 15 is 0 Å². The Morgan fingerprint density at radius 3 is 1.66 bits per heavy atom. The van der Waals surface area contributed by atoms with Crippen LogP contribution >= 0.6 is 0 Å². The van der Waals surface area contributed by atoms with Gasteiger partial charge in [0.1, 0.15) is 5.75 Å². The van der Waals surface area contributed by atoms with Gasteiger partial charge in [-0.3, -0.25) is 9.97 Å². The second-order valence-electron chi connectivity index (χ2n) is 10.2. The molecule has 0 atom stereocenters. The van der Waals surface area contributed by atoms with Crippen LogP contribution in [0.15, 0.2) is 128 Å². The van der Waals surface area contributed by atoms with Crippen molar-refractivity contribution in [1.29, 1.82) is 0 Å². The minimum atomic E-state index is 0. The molecule has 0 unspecified atom stereocenters. The molecule has 0 bridgehead atoms. The average molecular weight is 759 g/mol. The largest absolute Gasteiger partial charge is 0.494 e. The van der Waals surface area contributed by atoms with Crippen molar-refractivity contribution in [1.82, 2.24) is 19.1 Å². The molecule has 1 radical (unpaired) electrons. The van der Waals surface area contributed by atoms with Crippen molar-refractivity contribution < 1.29 is 24.8 Å². The van der Waals surface area contributed by atoms with Crippen molar-refractivity contribution in [3.63, 3.8) is 0 Å². The van der Waals surface area contributed by atoms with Gasteiger partial charge in [-0.1, -0.05) is 57.2 Å². The Balaban J connectivity index is 0.000000212. The summed E-state index contributed by atoms with van der Waals surface area (Å²) >= 11 is 0. The second-order valence-corrected chi connectivity index (χ2v) is 10.2. The summed E-state index contributed by atoms with van der Waals surface area (Å²) in [7, 11) is 0. The first kappa shape index (κ1) is 32.7. The van der Waals surface area contributed by atoms with Crippen molar-refractivity contribution in [3.05, 3.63) is 140 Å². The number of rotatable bonds is 12. The van der Waals surface area contributed by atoms with Gasteiger partial charge in [0.05, 0.1) is 18.3 Å². The van der Waals surface area contributed by atoms with Crippen LogP contribution in [0.3, 0.4) is 0 Å². The maximum atomic E-state index is 5.87. The molecule has 0 saturated carbocycles. The summed E-state index contributed by atoms with van der Waals surface area (Å²) in [6, 6.07) is 40.6. The molecule has 0 N–H and O–H groups in total. The Kier molecular flexibility index (Phi) is 13.2. The summed E-state index contributed by atoms with van der Waals surface area (Å²) in [5, 5.41) is 0. The number of para-hydroxylation sites is 1. The molecule has 5 nitrogen and oxygen atoms in total. The number of unbranched alkanes of at least 4 members (excludes halogenated alkanes) is 5. The molecule has 44 heavy (non-hydrogen) atoms. The minimum absolute atomic E-state index is 0. The summed E-state index contributed by atoms with van der Waals surface area (Å²) in [5.41, 5.74) is 4.17. The number of hydrogen-bond donors (Lipinski definition) is 0. The standard InChI is InChI=1S/C23H27N2O.C15H11N2.Ir/c1-2-3-4-5-6-10-19-26-22-15-13-21(14-16-22)25-18-17-24-23(25)20-11-8-7-9-12-20;1-3-7-13(8-4-1)15-16-11-12-17(15)14-9-5-2-6-10-14;/h7-9,11,13-18H,2-6,10,19H2,1H3;1-7,9-12H;/q2*-1;. The molecule has 227 valence electrons. The fourth-order valence-electron chi connectivity index (χ4n) is 4.85. The maximum Gasteiger partial charge on any atom is 0.119 e. The van der Waals surface area contributed by atoms with Crippen LogP contribution in [0.2, 0.25) is 0 Å². The van der Waals surface area contributed by atoms with Gasteiger partial charge in [-0.05, 0) is 42.8 Å². The number of imidazole rings is 2. The van der Waals surface area contributed by atoms with Crippen molar-refractivity contribution in [2.45, 2.75) is 45.4 Å². The zero-order chi connectivity index (χ0) is 29.5. The van der Waals surface area contributed by atoms with E-state index in [1.54, 1.807) is 0 Å². The molecule has 6 rings (SSSR count). The molecule has 0 amide bonds. The van der Waals surface area contributed by atoms with E-state index in [1.807, 2.05) is 104 Å². The molecule has 0 aliphatic carbocycles. The van der Waals surface area contributed by atoms with E-state index in [0.717, 1.165) is 52.9 Å². The van der Waals surface area contributed by atoms with Crippen molar-refractivity contribution in [2.75, 3.05) is 6.61 Å². The SMILES string of the molecule is CCCCCCCCOc1ccc(-n2ccnc2-c2[c-]cccc2)cc1.[Ir].[c-]1ccccc1-c1nccn1-c1ccccc1. The van der Waals surface area contributed by atoms with Crippen LogP contribution in [-0.2, 0) is 20.1 Å². The van der Waals surface area contributed by atoms with Crippen LogP contribution < -0.4 is 4.74 Å². The molecule has 0 spiro atoms. The number of aromatic nitrogens is 4. The Bertz CT molecular complexity index is 1560. The van der Waals surface area contributed by atoms with Gasteiger partial charge in [-0.2, -0.15) is 0 Å². The molecule has 0 saturated heterocycles. The van der Waals surface area contributed by atoms with Crippen LogP contribution in [0.25, 0.3) is 34.2 Å². The quantitative estimate of drug-likeness (QED) is 0.0924. The molecular formula is C38H38IrN4O-2. The molecular weight excluding hydrogens is 721 g/mol. The number of nitrogens with zero attached hydrogens (tertiary/aromatic N) is 4. The first-order chi connectivity index (χ1) is 21.3. The van der Waals surface area contributed by atoms with E-state index in [4.69, 9.17) is 4.74 Å². The van der Waals surface area contributed by atoms with E-state index in [1.165, 1.54) is 32.1 Å². The van der Waals surface area contributed by atoms with Crippen LogP contribution in [-0.4, -0.2) is 25.7 Å². The third-order valence-electron chi connectivity index (χ3n) is 7.10. The van der Waals surface area contributed by atoms with Gasteiger partial charge in [0.2, 0.25) is 0 Å². The second kappa shape index (κ2) is 17.8. The molecule has 0 aliphatic heterocycles. The Labute approximate surface area is 275 Å². The smallest absolute Gasteiger partial charge is 0.119 e. The van der Waals surface area contributed by atoms with Gasteiger partial charge >= 0.3 is 0 Å². The van der Waals surface area contributed by atoms with Gasteiger partial charge in [0.25, 0.3) is 0 Å². The maximum absolute atomic E-state index is 5.87. The van der Waals surface area contributed by atoms with Crippen molar-refractivity contribution in [2.24, 2.45) is 0 Å². The predicted octanol–water partition coefficient (Wildman–Crippen LogP) is 9.42. The number of benzene rings is 4. The molecule has 6 heteroatoms. The molecule has 4 aromatic carbocycles. The zero-order valence-corrected chi connectivity index (χ0v) is 27.5. The van der Waals surface area contributed by atoms with Gasteiger partial charge in [-0.15, -0.1) is 71.8 Å². The van der Waals surface area contributed by atoms with Crippen LogP contribution in [0, 0.1) is 12.1 Å². The molecule has 0 aliphatic rings. The third-order valence-corrected chi connectivity index (χ3v) is 7.10. The molecule has 6 aromatic rings. The van der Waals surface area contributed by atoms with Gasteiger partial charge < -0.3 is 13.9 Å². The average Bonchev–Trinajstić information content (AvgIpc) is 3.77. The van der Waals surface area contributed by atoms with E-state index < -0.39 is 0 Å². The van der Waals surface area contributed by atoms with Crippen molar-refractivity contribution >= 4 is 0 Å². The number of ether oxygens (including phenoxy) is 1. The van der Waals surface area contributed by atoms with Crippen LogP contribution in [0.5, 0.6) is 5.75 Å². The first-order valence-electron chi connectivity index (χ1n) is 15.1. The molecule has 0 fully saturated rings. The van der Waals surface area contributed by atoms with Crippen LogP contribution in [0.1, 0.15) is 45.4 Å². The fourth-order valence-corrected chi connectivity index (χ4v) is 4.85. The van der Waals surface area contributed by atoms with Gasteiger partial charge in [-0.25, -0.2) is 0 Å². The molecule has 2 aromatic heterocycles. The summed E-state index contributed by atoms with van der Waals surface area (Å²) in [5.74, 6) is 2.73. The Morgan fingerprint density at radius 1 is 0.591 bits per heavy atom. The van der Waals surface area contributed by atoms with Crippen LogP contribution in [0.4, 0.5) is 0 Å². The Morgan fingerprint density at radius 2 is 1.11 bits per heavy atom. The first-order valence-corrected chi connectivity index (χ1v) is 15.1. The topological polar surface area (TPSA) is 44.9 Å². The van der Waals surface area contributed by atoms with E-state index in [0.29, 0.717) is 0 Å². The Hall–Kier alpha value is -4.25. The van der Waals surface area contributed by atoms with Gasteiger partial charge in [0.15, 0.2) is 0 Å². The van der Waals surface area contributed by atoms with E-state index in [2.05, 4.69) is 62.4 Å². The monoisotopic (exact) mass is 759 g/mol. The summed E-state index contributed by atoms with van der Waals surface area (Å²) in [6.45, 7) is 3.04. The minimum Gasteiger partial charge on any atom is -0.494 e. The van der Waals surface area contributed by atoms with Gasteiger partial charge in [0, 0.05) is 56.3 Å². The summed E-state index contributed by atoms with van der Waals surface area (Å²) in [4.78, 5) is 8.87. The third kappa shape index (κ3) is 9.12. The normalized spacial score (nSPS) is 10.4. The predicted molar refractivity (Wildman–Crippen MR) is 175 cm³/mol. The van der Waals surface area contributed by atoms with E-state index in [-0.39, 0.29) is 20.1 Å². The van der Waals surface area contributed by atoms with E-state index in [9.17, 15) is 0 Å². The zero-order valence-electron chi connectivity index (χ0n) is 25.1. The fraction of sp³-hybridized carbons (Fsp3) is 0.211. The van der Waals surface area contributed by atoms with Crippen molar-refractivity contribution in [3.8, 4) is 39.9 Å². The number of hydrogen-bond acceptors (Lipinski definition) is 3. The summed E-state index contributed by atoms with van der Waals surface area (Å²) in [6.07, 6.45) is 15.2.